The third kappa shape index (κ3) is 12.8. The van der Waals surface area contributed by atoms with Crippen LogP contribution < -0.4 is 0 Å². The molecule has 6 heterocycles. The van der Waals surface area contributed by atoms with Crippen LogP contribution in [0.4, 0.5) is 0 Å². The number of ether oxygens (including phenoxy) is 12. The molecule has 0 aromatic carbocycles. The summed E-state index contributed by atoms with van der Waals surface area (Å²) in [5, 5.41) is 194. The molecule has 6 saturated heterocycles. The highest BCUT2D eigenvalue weighted by Gasteiger charge is 2.71. The normalized spacial score (nSPS) is 55.1. The van der Waals surface area contributed by atoms with E-state index in [2.05, 4.69) is 54.5 Å². The van der Waals surface area contributed by atoms with E-state index in [1.165, 1.54) is 12.5 Å². The molecule has 31 nitrogen and oxygen atoms in total. The van der Waals surface area contributed by atoms with Gasteiger partial charge in [-0.25, -0.2) is 0 Å². The first-order chi connectivity index (χ1) is 45.1. The van der Waals surface area contributed by atoms with Gasteiger partial charge < -0.3 is 149 Å². The van der Waals surface area contributed by atoms with Crippen molar-refractivity contribution in [3.63, 3.8) is 0 Å². The van der Waals surface area contributed by atoms with Gasteiger partial charge in [-0.2, -0.15) is 0 Å². The van der Waals surface area contributed by atoms with Gasteiger partial charge in [-0.15, -0.1) is 0 Å². The van der Waals surface area contributed by atoms with Gasteiger partial charge in [0.2, 0.25) is 6.29 Å². The van der Waals surface area contributed by atoms with Crippen molar-refractivity contribution in [1.82, 2.24) is 0 Å². The molecule has 39 atom stereocenters. The highest BCUT2D eigenvalue weighted by Crippen LogP contribution is 2.76. The molecule has 10 fully saturated rings. The van der Waals surface area contributed by atoms with Crippen LogP contribution in [0.5, 0.6) is 0 Å². The molecular formula is C65H106O31. The number of carbonyl (C=O) groups is 1. The Morgan fingerprint density at radius 1 is 0.490 bits per heavy atom. The number of rotatable bonds is 16. The Kier molecular flexibility index (Phi) is 22.4. The molecule has 0 aromatic rings. The summed E-state index contributed by atoms with van der Waals surface area (Å²) in [5.41, 5.74) is -1.50. The van der Waals surface area contributed by atoms with Crippen molar-refractivity contribution in [3.05, 3.63) is 11.6 Å². The number of aliphatic hydroxyl groups excluding tert-OH is 18. The van der Waals surface area contributed by atoms with E-state index < -0.39 is 233 Å². The quantitative estimate of drug-likeness (QED) is 0.0391. The van der Waals surface area contributed by atoms with Crippen molar-refractivity contribution in [2.75, 3.05) is 33.0 Å². The van der Waals surface area contributed by atoms with Crippen LogP contribution in [0.1, 0.15) is 113 Å². The third-order valence-corrected chi connectivity index (χ3v) is 25.5. The minimum Gasteiger partial charge on any atom is -0.432 e. The Bertz CT molecular complexity index is 2680. The van der Waals surface area contributed by atoms with Crippen molar-refractivity contribution < 1.29 is 154 Å². The molecule has 5 aliphatic carbocycles. The molecule has 31 heteroatoms. The molecular weight excluding hydrogens is 1280 g/mol. The second-order valence-electron chi connectivity index (χ2n) is 30.9. The van der Waals surface area contributed by atoms with Crippen molar-refractivity contribution in [2.45, 2.75) is 297 Å². The highest BCUT2D eigenvalue weighted by molar-refractivity contribution is 5.79. The Labute approximate surface area is 556 Å². The Hall–Kier alpha value is -1.95. The van der Waals surface area contributed by atoms with E-state index in [-0.39, 0.29) is 47.0 Å². The molecule has 0 spiro atoms. The summed E-state index contributed by atoms with van der Waals surface area (Å²) >= 11 is 0. The number of esters is 1. The minimum absolute atomic E-state index is 0.0186. The smallest absolute Gasteiger partial charge is 0.315 e. The van der Waals surface area contributed by atoms with Crippen LogP contribution in [-0.2, 0) is 61.6 Å². The van der Waals surface area contributed by atoms with Crippen LogP contribution in [0.2, 0.25) is 0 Å². The van der Waals surface area contributed by atoms with Crippen LogP contribution in [0.3, 0.4) is 0 Å². The largest absolute Gasteiger partial charge is 0.432 e. The van der Waals surface area contributed by atoms with E-state index in [1.54, 1.807) is 0 Å². The van der Waals surface area contributed by atoms with Gasteiger partial charge in [0.05, 0.1) is 50.7 Å². The Balaban J connectivity index is 0.787. The van der Waals surface area contributed by atoms with E-state index >= 15 is 4.79 Å². The fourth-order valence-corrected chi connectivity index (χ4v) is 19.2. The van der Waals surface area contributed by atoms with Gasteiger partial charge in [0, 0.05) is 0 Å². The van der Waals surface area contributed by atoms with Crippen LogP contribution in [0, 0.1) is 56.7 Å². The van der Waals surface area contributed by atoms with Crippen LogP contribution in [0.15, 0.2) is 11.6 Å². The van der Waals surface area contributed by atoms with Crippen LogP contribution >= 0.6 is 0 Å². The third-order valence-electron chi connectivity index (χ3n) is 25.5. The second kappa shape index (κ2) is 28.6. The molecule has 18 N–H and O–H groups in total. The molecule has 6 aliphatic heterocycles. The predicted octanol–water partition coefficient (Wildman–Crippen LogP) is -4.86. The van der Waals surface area contributed by atoms with E-state index in [9.17, 15) is 91.9 Å². The Morgan fingerprint density at radius 2 is 0.979 bits per heavy atom. The second-order valence-corrected chi connectivity index (χ2v) is 30.9. The highest BCUT2D eigenvalue weighted by atomic mass is 16.8. The van der Waals surface area contributed by atoms with Gasteiger partial charge in [-0.05, 0) is 116 Å². The first-order valence-corrected chi connectivity index (χ1v) is 34.2. The lowest BCUT2D eigenvalue weighted by atomic mass is 9.33. The molecule has 0 radical (unpaired) electrons. The molecule has 0 aromatic heterocycles. The maximum Gasteiger partial charge on any atom is 0.315 e. The monoisotopic (exact) mass is 1380 g/mol. The van der Waals surface area contributed by atoms with Gasteiger partial charge in [-0.1, -0.05) is 60.1 Å². The summed E-state index contributed by atoms with van der Waals surface area (Å²) in [4.78, 5) is 15.4. The fraction of sp³-hybridized carbons (Fsp3) is 0.954. The van der Waals surface area contributed by atoms with Crippen molar-refractivity contribution in [1.29, 1.82) is 0 Å². The first kappa shape index (κ1) is 75.2. The summed E-state index contributed by atoms with van der Waals surface area (Å²) in [6.07, 6.45) is -40.7. The number of carbonyl (C=O) groups excluding carboxylic acids is 1. The van der Waals surface area contributed by atoms with Crippen molar-refractivity contribution in [3.8, 4) is 0 Å². The number of allylic oxidation sites excluding steroid dienone is 2. The van der Waals surface area contributed by atoms with Gasteiger partial charge in [-0.3, -0.25) is 4.79 Å². The van der Waals surface area contributed by atoms with E-state index in [1.807, 2.05) is 0 Å². The number of aliphatic hydroxyl groups is 18. The molecule has 11 rings (SSSR count). The lowest BCUT2D eigenvalue weighted by Gasteiger charge is -2.71. The molecule has 4 unspecified atom stereocenters. The molecule has 11 aliphatic rings. The van der Waals surface area contributed by atoms with E-state index in [0.717, 1.165) is 12.8 Å². The summed E-state index contributed by atoms with van der Waals surface area (Å²) in [6.45, 7) is 14.0. The standard InChI is InChI=1S/C65H106O31/c1-24-11-16-65(60(84)96-58-51(83)46(78)41(73)32(92-58)23-87-55-48(80)45(77)40(72)31(91-55)22-86-54-47(79)43(75)38(70)29(19-66)89-54)18-17-63(7)27(36(65)25(24)2)9-10-34-62(6)14-13-35(61(4,5)33(62)12-15-64(34,63)8)93-59-53(95-56-49(81)42(74)37(69)26(3)88-56)52(28(68)21-85-59)94-57-50(82)44(76)39(71)30(20-67)90-57/h9,24-26,28-59,66-83H,10-23H2,1-8H3/t24-,25+,26+,28+,29-,30-,31-,32-,33?,34?,35?,36?,37-,38-,39-,40-,41-,42-,43+,44+,45+,46+,47-,48-,49-,50-,51-,52+,53-,54-,55-,56+,57+,58+,59+,62+,63-,64-,65+/m1/s1. The zero-order chi connectivity index (χ0) is 70.0. The van der Waals surface area contributed by atoms with Gasteiger partial charge in [0.1, 0.15) is 134 Å². The maximum absolute atomic E-state index is 15.4. The number of hydrogen-bond acceptors (Lipinski definition) is 31. The van der Waals surface area contributed by atoms with Gasteiger partial charge in [0.15, 0.2) is 31.5 Å². The van der Waals surface area contributed by atoms with Gasteiger partial charge >= 0.3 is 5.97 Å². The average molecular weight is 1380 g/mol. The molecule has 96 heavy (non-hydrogen) atoms. The number of hydrogen-bond donors (Lipinski definition) is 18. The summed E-state index contributed by atoms with van der Waals surface area (Å²) < 4.78 is 72.1. The van der Waals surface area contributed by atoms with E-state index in [0.29, 0.717) is 44.9 Å². The minimum atomic E-state index is -1.93. The zero-order valence-corrected chi connectivity index (χ0v) is 55.5. The topological polar surface area (TPSA) is 492 Å². The fourth-order valence-electron chi connectivity index (χ4n) is 19.2. The zero-order valence-electron chi connectivity index (χ0n) is 55.5. The van der Waals surface area contributed by atoms with Crippen molar-refractivity contribution >= 4 is 5.97 Å². The first-order valence-electron chi connectivity index (χ1n) is 34.2. The molecule has 4 saturated carbocycles. The number of fused-ring (bicyclic) bond motifs is 7. The Morgan fingerprint density at radius 3 is 1.55 bits per heavy atom. The molecule has 552 valence electrons. The summed E-state index contributed by atoms with van der Waals surface area (Å²) in [6, 6.07) is 0. The van der Waals surface area contributed by atoms with Crippen LogP contribution in [0.25, 0.3) is 0 Å². The van der Waals surface area contributed by atoms with E-state index in [4.69, 9.17) is 56.8 Å². The lowest BCUT2D eigenvalue weighted by molar-refractivity contribution is -0.388. The lowest BCUT2D eigenvalue weighted by Crippen LogP contribution is -2.67. The SMILES string of the molecule is C[C@@H]1CC[C@]2(C(=O)O[C@@H]3O[C@H](CO[C@@H]4O[C@H](CO[C@@H]5O[C@H](CO)[C@@H](O)[C@H](O)[C@H]5O)[C@@H](O)[C@H](O)[C@H]4O)[C@@H](O)[C@H](O)[C@H]3O)CC[C@]3(C)C(=CCC4[C@@]5(C)CCC(O[C@@H]6OC[C@H](O)[C@H](O[C@@H]7O[C@H](CO)[C@@H](O)[C@H](O)[C@H]7O)[C@H]6O[C@@H]6O[C@@H](C)[C@@H](O)[C@@H](O)[C@H]6O)C(C)(C)C5CC[C@]43C)C2[C@H]1C. The average Bonchev–Trinajstić information content (AvgIpc) is 0.674. The summed E-state index contributed by atoms with van der Waals surface area (Å²) in [5.74, 6) is -0.590. The molecule has 0 amide bonds. The van der Waals surface area contributed by atoms with Crippen LogP contribution in [-0.4, -0.2) is 315 Å². The predicted molar refractivity (Wildman–Crippen MR) is 321 cm³/mol. The van der Waals surface area contributed by atoms with Gasteiger partial charge in [0.25, 0.3) is 0 Å². The maximum atomic E-state index is 15.4. The van der Waals surface area contributed by atoms with Crippen molar-refractivity contribution in [2.24, 2.45) is 56.7 Å². The summed E-state index contributed by atoms with van der Waals surface area (Å²) in [7, 11) is 0. The molecule has 0 bridgehead atoms.